The highest BCUT2D eigenvalue weighted by Gasteiger charge is 2.33. The molecule has 6 nitrogen and oxygen atoms in total. The van der Waals surface area contributed by atoms with Gasteiger partial charge in [-0.1, -0.05) is 11.6 Å². The zero-order chi connectivity index (χ0) is 18.5. The van der Waals surface area contributed by atoms with Gasteiger partial charge < -0.3 is 20.3 Å². The zero-order valence-electron chi connectivity index (χ0n) is 15.6. The Morgan fingerprint density at radius 3 is 2.62 bits per heavy atom. The Morgan fingerprint density at radius 2 is 1.88 bits per heavy atom. The average Bonchev–Trinajstić information content (AvgIpc) is 3.20. The Labute approximate surface area is 155 Å². The Bertz CT molecular complexity index is 656. The highest BCUT2D eigenvalue weighted by Crippen LogP contribution is 2.26. The van der Waals surface area contributed by atoms with Crippen molar-refractivity contribution in [1.82, 2.24) is 9.80 Å². The quantitative estimate of drug-likeness (QED) is 0.870. The van der Waals surface area contributed by atoms with Crippen molar-refractivity contribution in [3.63, 3.8) is 0 Å². The van der Waals surface area contributed by atoms with Crippen molar-refractivity contribution >= 4 is 11.8 Å². The van der Waals surface area contributed by atoms with Gasteiger partial charge in [0.2, 0.25) is 5.91 Å². The number of piperidine rings is 1. The summed E-state index contributed by atoms with van der Waals surface area (Å²) in [6.45, 7) is 5.64. The molecule has 3 rings (SSSR count). The molecule has 2 heterocycles. The predicted octanol–water partition coefficient (Wildman–Crippen LogP) is 1.81. The van der Waals surface area contributed by atoms with E-state index in [0.717, 1.165) is 44.3 Å². The van der Waals surface area contributed by atoms with E-state index in [0.29, 0.717) is 37.6 Å². The summed E-state index contributed by atoms with van der Waals surface area (Å²) < 4.78 is 5.66. The van der Waals surface area contributed by atoms with Gasteiger partial charge >= 0.3 is 0 Å². The van der Waals surface area contributed by atoms with Gasteiger partial charge in [-0.15, -0.1) is 0 Å². The van der Waals surface area contributed by atoms with E-state index in [9.17, 15) is 9.59 Å². The first-order chi connectivity index (χ1) is 12.6. The Morgan fingerprint density at radius 1 is 1.15 bits per heavy atom. The van der Waals surface area contributed by atoms with E-state index in [1.54, 1.807) is 0 Å². The molecule has 6 heteroatoms. The van der Waals surface area contributed by atoms with Crippen LogP contribution in [0.2, 0.25) is 0 Å². The van der Waals surface area contributed by atoms with E-state index in [1.165, 1.54) is 0 Å². The second kappa shape index (κ2) is 8.54. The molecule has 2 aliphatic rings. The van der Waals surface area contributed by atoms with Crippen molar-refractivity contribution in [3.8, 4) is 5.75 Å². The number of nitrogens with two attached hydrogens (primary N) is 1. The number of rotatable bonds is 5. The van der Waals surface area contributed by atoms with Crippen LogP contribution in [0.1, 0.15) is 41.6 Å². The second-order valence-corrected chi connectivity index (χ2v) is 7.26. The minimum Gasteiger partial charge on any atom is -0.491 e. The van der Waals surface area contributed by atoms with Crippen LogP contribution in [-0.2, 0) is 4.79 Å². The van der Waals surface area contributed by atoms with Crippen molar-refractivity contribution in [3.05, 3.63) is 29.3 Å². The van der Waals surface area contributed by atoms with Gasteiger partial charge in [-0.2, -0.15) is 0 Å². The topological polar surface area (TPSA) is 75.9 Å². The lowest BCUT2D eigenvalue weighted by molar-refractivity contribution is -0.135. The molecule has 2 saturated heterocycles. The lowest BCUT2D eigenvalue weighted by Crippen LogP contribution is -2.46. The molecule has 2 fully saturated rings. The van der Waals surface area contributed by atoms with Crippen molar-refractivity contribution in [1.29, 1.82) is 0 Å². The number of hydrogen-bond acceptors (Lipinski definition) is 4. The normalized spacial score (nSPS) is 20.3. The molecule has 1 aromatic carbocycles. The molecule has 0 spiro atoms. The van der Waals surface area contributed by atoms with Crippen molar-refractivity contribution < 1.29 is 14.3 Å². The molecule has 142 valence electrons. The summed E-state index contributed by atoms with van der Waals surface area (Å²) in [5.41, 5.74) is 7.10. The maximum absolute atomic E-state index is 13.1. The van der Waals surface area contributed by atoms with Gasteiger partial charge in [0, 0.05) is 32.7 Å². The van der Waals surface area contributed by atoms with Crippen LogP contribution in [0.4, 0.5) is 0 Å². The zero-order valence-corrected chi connectivity index (χ0v) is 15.6. The predicted molar refractivity (Wildman–Crippen MR) is 100 cm³/mol. The number of ether oxygens (including phenoxy) is 1. The van der Waals surface area contributed by atoms with Gasteiger partial charge in [0.1, 0.15) is 12.4 Å². The first kappa shape index (κ1) is 18.7. The summed E-state index contributed by atoms with van der Waals surface area (Å²) >= 11 is 0. The molecule has 1 atom stereocenters. The fraction of sp³-hybridized carbons (Fsp3) is 0.600. The molecule has 0 radical (unpaired) electrons. The molecule has 2 aliphatic heterocycles. The maximum Gasteiger partial charge on any atom is 0.257 e. The van der Waals surface area contributed by atoms with E-state index in [1.807, 2.05) is 34.9 Å². The maximum atomic E-state index is 13.1. The van der Waals surface area contributed by atoms with Crippen LogP contribution in [0, 0.1) is 12.8 Å². The summed E-state index contributed by atoms with van der Waals surface area (Å²) in [4.78, 5) is 29.6. The molecule has 0 saturated carbocycles. The average molecular weight is 359 g/mol. The fourth-order valence-electron chi connectivity index (χ4n) is 3.83. The first-order valence-electron chi connectivity index (χ1n) is 9.61. The highest BCUT2D eigenvalue weighted by molar-refractivity contribution is 5.97. The summed E-state index contributed by atoms with van der Waals surface area (Å²) in [6.07, 6.45) is 3.91. The van der Waals surface area contributed by atoms with Gasteiger partial charge in [0.15, 0.2) is 0 Å². The van der Waals surface area contributed by atoms with E-state index in [-0.39, 0.29) is 17.7 Å². The van der Waals surface area contributed by atoms with E-state index in [2.05, 4.69) is 0 Å². The Kier molecular flexibility index (Phi) is 6.14. The van der Waals surface area contributed by atoms with Crippen LogP contribution in [0.15, 0.2) is 18.2 Å². The smallest absolute Gasteiger partial charge is 0.257 e. The third-order valence-electron chi connectivity index (χ3n) is 5.22. The number of likely N-dealkylation sites (tertiary alicyclic amines) is 2. The van der Waals surface area contributed by atoms with Gasteiger partial charge in [-0.05, 0) is 44.7 Å². The first-order valence-corrected chi connectivity index (χ1v) is 9.61. The fourth-order valence-corrected chi connectivity index (χ4v) is 3.83. The van der Waals surface area contributed by atoms with Crippen molar-refractivity contribution in [2.75, 3.05) is 39.3 Å². The molecule has 2 N–H and O–H groups in total. The molecule has 1 aromatic rings. The van der Waals surface area contributed by atoms with Crippen LogP contribution in [-0.4, -0.2) is 60.9 Å². The minimum absolute atomic E-state index is 0.0559. The third kappa shape index (κ3) is 4.18. The Balaban J connectivity index is 1.72. The lowest BCUT2D eigenvalue weighted by Gasteiger charge is -2.34. The summed E-state index contributed by atoms with van der Waals surface area (Å²) in [5.74, 6) is 0.645. The molecular weight excluding hydrogens is 330 g/mol. The summed E-state index contributed by atoms with van der Waals surface area (Å²) in [6, 6.07) is 5.62. The number of aryl methyl sites for hydroxylation is 1. The number of benzene rings is 1. The van der Waals surface area contributed by atoms with Crippen LogP contribution >= 0.6 is 0 Å². The SMILES string of the molecule is Cc1ccc(OCCN)c(C(=O)N2CCCC(C(=O)N3CCCC3)C2)c1. The van der Waals surface area contributed by atoms with Crippen LogP contribution < -0.4 is 10.5 Å². The molecule has 1 unspecified atom stereocenters. The van der Waals surface area contributed by atoms with Gasteiger partial charge in [0.05, 0.1) is 11.5 Å². The Hall–Kier alpha value is -2.08. The van der Waals surface area contributed by atoms with Crippen LogP contribution in [0.5, 0.6) is 5.75 Å². The number of hydrogen-bond donors (Lipinski definition) is 1. The largest absolute Gasteiger partial charge is 0.491 e. The molecule has 0 aromatic heterocycles. The number of carbonyl (C=O) groups is 2. The van der Waals surface area contributed by atoms with Gasteiger partial charge in [-0.3, -0.25) is 9.59 Å². The standard InChI is InChI=1S/C20H29N3O3/c1-15-6-7-18(26-12-8-21)17(13-15)20(25)23-11-4-5-16(14-23)19(24)22-9-2-3-10-22/h6-7,13,16H,2-5,8-12,14,21H2,1H3. The minimum atomic E-state index is -0.0796. The molecule has 2 amide bonds. The molecule has 26 heavy (non-hydrogen) atoms. The molecule has 0 bridgehead atoms. The van der Waals surface area contributed by atoms with Gasteiger partial charge in [0.25, 0.3) is 5.91 Å². The van der Waals surface area contributed by atoms with Crippen LogP contribution in [0.3, 0.4) is 0 Å². The number of nitrogens with zero attached hydrogens (tertiary/aromatic N) is 2. The van der Waals surface area contributed by atoms with E-state index < -0.39 is 0 Å². The summed E-state index contributed by atoms with van der Waals surface area (Å²) in [7, 11) is 0. The monoisotopic (exact) mass is 359 g/mol. The van der Waals surface area contributed by atoms with Crippen LogP contribution in [0.25, 0.3) is 0 Å². The number of amides is 2. The van der Waals surface area contributed by atoms with Crippen molar-refractivity contribution in [2.45, 2.75) is 32.6 Å². The van der Waals surface area contributed by atoms with E-state index >= 15 is 0 Å². The highest BCUT2D eigenvalue weighted by atomic mass is 16.5. The molecule has 0 aliphatic carbocycles. The van der Waals surface area contributed by atoms with E-state index in [4.69, 9.17) is 10.5 Å². The second-order valence-electron chi connectivity index (χ2n) is 7.26. The number of carbonyl (C=O) groups excluding carboxylic acids is 2. The lowest BCUT2D eigenvalue weighted by atomic mass is 9.95. The van der Waals surface area contributed by atoms with Crippen molar-refractivity contribution in [2.24, 2.45) is 11.7 Å². The molecular formula is C20H29N3O3. The van der Waals surface area contributed by atoms with Gasteiger partial charge in [-0.25, -0.2) is 0 Å². The third-order valence-corrected chi connectivity index (χ3v) is 5.22. The summed E-state index contributed by atoms with van der Waals surface area (Å²) in [5, 5.41) is 0.